The second kappa shape index (κ2) is 6.41. The fourth-order valence-corrected chi connectivity index (χ4v) is 4.38. The van der Waals surface area contributed by atoms with E-state index in [2.05, 4.69) is 124 Å². The van der Waals surface area contributed by atoms with Crippen LogP contribution in [0.4, 0.5) is 0 Å². The average molecular weight is 371 g/mol. The van der Waals surface area contributed by atoms with E-state index in [1.165, 1.54) is 33.3 Å². The molecule has 0 saturated carbocycles. The summed E-state index contributed by atoms with van der Waals surface area (Å²) in [7, 11) is 0. The Morgan fingerprint density at radius 1 is 0.500 bits per heavy atom. The normalized spacial score (nSPS) is 12.6. The Hall–Kier alpha value is -2.74. The lowest BCUT2D eigenvalue weighted by molar-refractivity contribution is 0.586. The van der Waals surface area contributed by atoms with Crippen LogP contribution in [-0.4, -0.2) is 9.13 Å². The van der Waals surface area contributed by atoms with Crippen LogP contribution >= 0.6 is 0 Å². The fourth-order valence-electron chi connectivity index (χ4n) is 4.38. The first-order valence-electron chi connectivity index (χ1n) is 10.1. The quantitative estimate of drug-likeness (QED) is 0.359. The zero-order chi connectivity index (χ0) is 20.1. The molecule has 0 amide bonds. The molecule has 0 atom stereocenters. The number of hydrogen-bond acceptors (Lipinski definition) is 0. The molecule has 0 spiro atoms. The highest BCUT2D eigenvalue weighted by atomic mass is 15.0. The summed E-state index contributed by atoms with van der Waals surface area (Å²) in [5, 5.41) is 2.69. The predicted molar refractivity (Wildman–Crippen MR) is 120 cm³/mol. The summed E-state index contributed by atoms with van der Waals surface area (Å²) in [6, 6.07) is 17.6. The maximum atomic E-state index is 2.31. The molecule has 0 aliphatic rings. The van der Waals surface area contributed by atoms with Crippen LogP contribution in [0.1, 0.15) is 52.7 Å². The third kappa shape index (κ3) is 3.07. The molecule has 2 aromatic heterocycles. The Balaban J connectivity index is 2.13. The van der Waals surface area contributed by atoms with E-state index in [4.69, 9.17) is 0 Å². The molecule has 2 aromatic carbocycles. The van der Waals surface area contributed by atoms with Crippen LogP contribution in [-0.2, 0) is 10.8 Å². The van der Waals surface area contributed by atoms with Gasteiger partial charge in [0.2, 0.25) is 0 Å². The Morgan fingerprint density at radius 3 is 1.11 bits per heavy atom. The SMILES string of the molecule is CC(C)(C)c1c(-n2cccc2)ccc2c(C(C)(C)C)c(-n3cccc3)ccc12. The number of hydrogen-bond donors (Lipinski definition) is 0. The Labute approximate surface area is 168 Å². The maximum Gasteiger partial charge on any atom is 0.0493 e. The first kappa shape index (κ1) is 18.6. The minimum atomic E-state index is 0.0310. The molecule has 0 fully saturated rings. The molecule has 2 heteroatoms. The first-order chi connectivity index (χ1) is 13.2. The molecular formula is C26H30N2. The van der Waals surface area contributed by atoms with Gasteiger partial charge >= 0.3 is 0 Å². The third-order valence-corrected chi connectivity index (χ3v) is 5.42. The molecule has 0 aliphatic heterocycles. The second-order valence-electron chi connectivity index (χ2n) is 9.70. The molecule has 2 nitrogen and oxygen atoms in total. The van der Waals surface area contributed by atoms with Gasteiger partial charge in [-0.1, -0.05) is 53.7 Å². The lowest BCUT2D eigenvalue weighted by Gasteiger charge is -2.30. The van der Waals surface area contributed by atoms with Crippen molar-refractivity contribution in [1.82, 2.24) is 9.13 Å². The van der Waals surface area contributed by atoms with Crippen LogP contribution in [0, 0.1) is 0 Å². The van der Waals surface area contributed by atoms with Crippen molar-refractivity contribution in [3.05, 3.63) is 84.4 Å². The number of rotatable bonds is 2. The van der Waals surface area contributed by atoms with Crippen LogP contribution in [0.5, 0.6) is 0 Å². The van der Waals surface area contributed by atoms with Crippen LogP contribution in [0.3, 0.4) is 0 Å². The van der Waals surface area contributed by atoms with Crippen LogP contribution in [0.15, 0.2) is 73.3 Å². The van der Waals surface area contributed by atoms with Gasteiger partial charge < -0.3 is 9.13 Å². The molecule has 0 N–H and O–H groups in total. The van der Waals surface area contributed by atoms with Crippen molar-refractivity contribution in [3.63, 3.8) is 0 Å². The lowest BCUT2D eigenvalue weighted by Crippen LogP contribution is -2.19. The van der Waals surface area contributed by atoms with Gasteiger partial charge in [-0.3, -0.25) is 0 Å². The topological polar surface area (TPSA) is 9.86 Å². The van der Waals surface area contributed by atoms with Crippen molar-refractivity contribution < 1.29 is 0 Å². The highest BCUT2D eigenvalue weighted by molar-refractivity contribution is 5.95. The number of benzene rings is 2. The second-order valence-corrected chi connectivity index (χ2v) is 9.70. The smallest absolute Gasteiger partial charge is 0.0493 e. The zero-order valence-electron chi connectivity index (χ0n) is 17.8. The van der Waals surface area contributed by atoms with Crippen LogP contribution < -0.4 is 0 Å². The van der Waals surface area contributed by atoms with Gasteiger partial charge in [-0.25, -0.2) is 0 Å². The van der Waals surface area contributed by atoms with E-state index in [1.54, 1.807) is 0 Å². The van der Waals surface area contributed by atoms with Gasteiger partial charge in [0.1, 0.15) is 0 Å². The molecule has 0 bridgehead atoms. The number of nitrogens with zero attached hydrogens (tertiary/aromatic N) is 2. The molecule has 0 radical (unpaired) electrons. The van der Waals surface area contributed by atoms with Crippen LogP contribution in [0.2, 0.25) is 0 Å². The summed E-state index contributed by atoms with van der Waals surface area (Å²) in [5.41, 5.74) is 5.38. The summed E-state index contributed by atoms with van der Waals surface area (Å²) in [4.78, 5) is 0. The van der Waals surface area contributed by atoms with Crippen molar-refractivity contribution in [3.8, 4) is 11.4 Å². The lowest BCUT2D eigenvalue weighted by atomic mass is 9.77. The van der Waals surface area contributed by atoms with Crippen molar-refractivity contribution in [1.29, 1.82) is 0 Å². The minimum Gasteiger partial charge on any atom is -0.324 e. The van der Waals surface area contributed by atoms with E-state index in [0.717, 1.165) is 0 Å². The Kier molecular flexibility index (Phi) is 4.26. The van der Waals surface area contributed by atoms with E-state index in [9.17, 15) is 0 Å². The van der Waals surface area contributed by atoms with E-state index < -0.39 is 0 Å². The van der Waals surface area contributed by atoms with E-state index >= 15 is 0 Å². The molecule has 0 saturated heterocycles. The Bertz CT molecular complexity index is 1010. The van der Waals surface area contributed by atoms with E-state index in [-0.39, 0.29) is 10.8 Å². The van der Waals surface area contributed by atoms with Crippen molar-refractivity contribution in [2.75, 3.05) is 0 Å². The monoisotopic (exact) mass is 370 g/mol. The maximum absolute atomic E-state index is 2.31. The average Bonchev–Trinajstić information content (AvgIpc) is 3.31. The largest absolute Gasteiger partial charge is 0.324 e. The van der Waals surface area contributed by atoms with Gasteiger partial charge in [-0.2, -0.15) is 0 Å². The molecular weight excluding hydrogens is 340 g/mol. The standard InChI is InChI=1S/C26H30N2/c1-25(2,3)23-19-11-14-22(28-17-9-10-18-28)24(26(4,5)6)20(19)12-13-21(23)27-15-7-8-16-27/h7-18H,1-6H3. The third-order valence-electron chi connectivity index (χ3n) is 5.42. The first-order valence-corrected chi connectivity index (χ1v) is 10.1. The molecule has 4 aromatic rings. The molecule has 0 unspecified atom stereocenters. The molecule has 28 heavy (non-hydrogen) atoms. The summed E-state index contributed by atoms with van der Waals surface area (Å²) in [5.74, 6) is 0. The van der Waals surface area contributed by atoms with Crippen molar-refractivity contribution >= 4 is 10.8 Å². The van der Waals surface area contributed by atoms with Gasteiger partial charge in [0.15, 0.2) is 0 Å². The van der Waals surface area contributed by atoms with E-state index in [0.29, 0.717) is 0 Å². The molecule has 2 heterocycles. The summed E-state index contributed by atoms with van der Waals surface area (Å²) in [6.07, 6.45) is 8.54. The van der Waals surface area contributed by atoms with Crippen molar-refractivity contribution in [2.45, 2.75) is 52.4 Å². The highest BCUT2D eigenvalue weighted by Gasteiger charge is 2.27. The number of fused-ring (bicyclic) bond motifs is 1. The summed E-state index contributed by atoms with van der Waals surface area (Å²) < 4.78 is 4.47. The van der Waals surface area contributed by atoms with Crippen molar-refractivity contribution in [2.24, 2.45) is 0 Å². The van der Waals surface area contributed by atoms with Gasteiger partial charge in [0.25, 0.3) is 0 Å². The summed E-state index contributed by atoms with van der Waals surface area (Å²) >= 11 is 0. The molecule has 0 aliphatic carbocycles. The number of aromatic nitrogens is 2. The van der Waals surface area contributed by atoms with Gasteiger partial charge in [-0.15, -0.1) is 0 Å². The predicted octanol–water partition coefficient (Wildman–Crippen LogP) is 7.02. The van der Waals surface area contributed by atoms with Crippen LogP contribution in [0.25, 0.3) is 22.1 Å². The Morgan fingerprint density at radius 2 is 0.821 bits per heavy atom. The van der Waals surface area contributed by atoms with Gasteiger partial charge in [0, 0.05) is 36.2 Å². The fraction of sp³-hybridized carbons (Fsp3) is 0.308. The summed E-state index contributed by atoms with van der Waals surface area (Å²) in [6.45, 7) is 13.9. The van der Waals surface area contributed by atoms with Gasteiger partial charge in [-0.05, 0) is 69.1 Å². The minimum absolute atomic E-state index is 0.0310. The zero-order valence-corrected chi connectivity index (χ0v) is 17.8. The molecule has 144 valence electrons. The van der Waals surface area contributed by atoms with Gasteiger partial charge in [0.05, 0.1) is 0 Å². The highest BCUT2D eigenvalue weighted by Crippen LogP contribution is 2.41. The molecule has 4 rings (SSSR count). The van der Waals surface area contributed by atoms with E-state index in [1.807, 2.05) is 0 Å².